The Morgan fingerprint density at radius 2 is 1.74 bits per heavy atom. The highest BCUT2D eigenvalue weighted by Crippen LogP contribution is 2.29. The Balaban J connectivity index is 1.54. The van der Waals surface area contributed by atoms with E-state index in [4.69, 9.17) is 4.42 Å². The van der Waals surface area contributed by atoms with Crippen LogP contribution in [0.5, 0.6) is 0 Å². The Bertz CT molecular complexity index is 1070. The molecule has 0 radical (unpaired) electrons. The van der Waals surface area contributed by atoms with Gasteiger partial charge in [-0.1, -0.05) is 56.7 Å². The van der Waals surface area contributed by atoms with Crippen molar-refractivity contribution in [3.8, 4) is 0 Å². The molecule has 1 N–H and O–H groups in total. The molecule has 1 aliphatic heterocycles. The lowest BCUT2D eigenvalue weighted by molar-refractivity contribution is 0.0911. The highest BCUT2D eigenvalue weighted by molar-refractivity contribution is 5.99. The van der Waals surface area contributed by atoms with E-state index < -0.39 is 0 Å². The number of nitrogens with one attached hydrogen (secondary N) is 1. The Morgan fingerprint density at radius 3 is 2.39 bits per heavy atom. The summed E-state index contributed by atoms with van der Waals surface area (Å²) in [5.41, 5.74) is 5.55. The first-order valence-corrected chi connectivity index (χ1v) is 11.4. The van der Waals surface area contributed by atoms with Gasteiger partial charge in [-0.15, -0.1) is 0 Å². The van der Waals surface area contributed by atoms with Crippen LogP contribution < -0.4 is 5.32 Å². The number of carbonyl (C=O) groups excluding carboxylic acids is 1. The number of hydrogen-bond acceptors (Lipinski definition) is 3. The van der Waals surface area contributed by atoms with Crippen molar-refractivity contribution in [3.63, 3.8) is 0 Å². The van der Waals surface area contributed by atoms with Crippen molar-refractivity contribution >= 4 is 16.9 Å². The molecule has 1 fully saturated rings. The fourth-order valence-electron chi connectivity index (χ4n) is 4.54. The van der Waals surface area contributed by atoms with Gasteiger partial charge in [-0.05, 0) is 68.5 Å². The first-order valence-electron chi connectivity index (χ1n) is 11.4. The van der Waals surface area contributed by atoms with Crippen molar-refractivity contribution in [2.75, 3.05) is 19.6 Å². The van der Waals surface area contributed by atoms with Gasteiger partial charge < -0.3 is 9.73 Å². The van der Waals surface area contributed by atoms with Gasteiger partial charge in [0, 0.05) is 17.5 Å². The summed E-state index contributed by atoms with van der Waals surface area (Å²) in [6.07, 6.45) is 2.43. The highest BCUT2D eigenvalue weighted by atomic mass is 16.3. The average molecular weight is 419 g/mol. The van der Waals surface area contributed by atoms with Gasteiger partial charge in [-0.3, -0.25) is 9.69 Å². The first kappa shape index (κ1) is 21.6. The second-order valence-corrected chi connectivity index (χ2v) is 9.90. The topological polar surface area (TPSA) is 45.5 Å². The zero-order valence-corrected chi connectivity index (χ0v) is 19.4. The molecule has 2 aromatic carbocycles. The fourth-order valence-corrected chi connectivity index (χ4v) is 4.54. The van der Waals surface area contributed by atoms with Crippen LogP contribution in [0.3, 0.4) is 0 Å². The highest BCUT2D eigenvalue weighted by Gasteiger charge is 2.26. The van der Waals surface area contributed by atoms with Gasteiger partial charge in [-0.2, -0.15) is 0 Å². The van der Waals surface area contributed by atoms with E-state index in [9.17, 15) is 4.79 Å². The minimum Gasteiger partial charge on any atom is -0.451 e. The van der Waals surface area contributed by atoms with Crippen LogP contribution >= 0.6 is 0 Å². The van der Waals surface area contributed by atoms with Gasteiger partial charge in [0.15, 0.2) is 5.76 Å². The van der Waals surface area contributed by atoms with Crippen LogP contribution in [0.25, 0.3) is 11.0 Å². The molecule has 1 atom stereocenters. The molecule has 1 amide bonds. The van der Waals surface area contributed by atoms with Crippen molar-refractivity contribution in [1.29, 1.82) is 0 Å². The van der Waals surface area contributed by atoms with Crippen molar-refractivity contribution in [2.24, 2.45) is 0 Å². The predicted molar refractivity (Wildman–Crippen MR) is 127 cm³/mol. The van der Waals surface area contributed by atoms with Crippen LogP contribution in [0, 0.1) is 13.8 Å². The Morgan fingerprint density at radius 1 is 1.06 bits per heavy atom. The van der Waals surface area contributed by atoms with E-state index in [2.05, 4.69) is 68.2 Å². The third-order valence-electron chi connectivity index (χ3n) is 6.50. The number of furan rings is 1. The van der Waals surface area contributed by atoms with Crippen molar-refractivity contribution < 1.29 is 9.21 Å². The molecule has 0 spiro atoms. The maximum Gasteiger partial charge on any atom is 0.287 e. The summed E-state index contributed by atoms with van der Waals surface area (Å²) < 4.78 is 5.91. The van der Waals surface area contributed by atoms with Crippen LogP contribution in [-0.2, 0) is 5.41 Å². The Hall–Kier alpha value is -2.59. The van der Waals surface area contributed by atoms with Crippen LogP contribution in [0.4, 0.5) is 0 Å². The maximum atomic E-state index is 13.0. The maximum absolute atomic E-state index is 13.0. The number of aryl methyl sites for hydroxylation is 2. The lowest BCUT2D eigenvalue weighted by Gasteiger charge is -2.29. The van der Waals surface area contributed by atoms with Crippen LogP contribution in [0.2, 0.25) is 0 Å². The van der Waals surface area contributed by atoms with Gasteiger partial charge in [0.25, 0.3) is 5.91 Å². The molecule has 1 aromatic heterocycles. The van der Waals surface area contributed by atoms with E-state index in [1.807, 2.05) is 19.1 Å². The molecule has 2 heterocycles. The summed E-state index contributed by atoms with van der Waals surface area (Å²) in [4.78, 5) is 15.5. The predicted octanol–water partition coefficient (Wildman–Crippen LogP) is 5.91. The summed E-state index contributed by atoms with van der Waals surface area (Å²) in [5, 5.41) is 4.17. The number of benzene rings is 2. The van der Waals surface area contributed by atoms with Crippen molar-refractivity contribution in [3.05, 3.63) is 70.5 Å². The fraction of sp³-hybridized carbons (Fsp3) is 0.444. The summed E-state index contributed by atoms with van der Waals surface area (Å²) in [7, 11) is 0. The van der Waals surface area contributed by atoms with Gasteiger partial charge in [0.05, 0.1) is 6.04 Å². The monoisotopic (exact) mass is 418 g/mol. The van der Waals surface area contributed by atoms with Gasteiger partial charge in [0.2, 0.25) is 0 Å². The molecule has 0 aliphatic carbocycles. The molecule has 1 unspecified atom stereocenters. The summed E-state index contributed by atoms with van der Waals surface area (Å²) in [6, 6.07) is 15.1. The molecule has 31 heavy (non-hydrogen) atoms. The quantitative estimate of drug-likeness (QED) is 0.560. The summed E-state index contributed by atoms with van der Waals surface area (Å²) >= 11 is 0. The number of rotatable bonds is 5. The Kier molecular flexibility index (Phi) is 5.94. The number of amides is 1. The normalized spacial score (nSPS) is 16.0. The van der Waals surface area contributed by atoms with E-state index in [1.54, 1.807) is 0 Å². The summed E-state index contributed by atoms with van der Waals surface area (Å²) in [6.45, 7) is 13.4. The molecular formula is C27H34N2O2. The van der Waals surface area contributed by atoms with Crippen LogP contribution in [0.15, 0.2) is 46.9 Å². The van der Waals surface area contributed by atoms with Crippen LogP contribution in [-0.4, -0.2) is 30.4 Å². The third-order valence-corrected chi connectivity index (χ3v) is 6.50. The lowest BCUT2D eigenvalue weighted by Crippen LogP contribution is -2.37. The number of likely N-dealkylation sites (tertiary alicyclic amines) is 1. The lowest BCUT2D eigenvalue weighted by atomic mass is 9.86. The van der Waals surface area contributed by atoms with Gasteiger partial charge in [-0.25, -0.2) is 0 Å². The zero-order chi connectivity index (χ0) is 22.2. The minimum atomic E-state index is -0.137. The third kappa shape index (κ3) is 4.54. The van der Waals surface area contributed by atoms with E-state index >= 15 is 0 Å². The molecule has 0 bridgehead atoms. The second-order valence-electron chi connectivity index (χ2n) is 9.90. The minimum absolute atomic E-state index is 0.132. The molecular weight excluding hydrogens is 384 g/mol. The molecule has 0 saturated carbocycles. The van der Waals surface area contributed by atoms with Crippen LogP contribution in [0.1, 0.15) is 72.5 Å². The molecule has 4 nitrogen and oxygen atoms in total. The number of carbonyl (C=O) groups is 1. The smallest absolute Gasteiger partial charge is 0.287 e. The number of nitrogens with zero attached hydrogens (tertiary/aromatic N) is 1. The van der Waals surface area contributed by atoms with E-state index in [-0.39, 0.29) is 17.4 Å². The molecule has 164 valence electrons. The average Bonchev–Trinajstić information content (AvgIpc) is 3.37. The molecule has 1 aliphatic rings. The number of hydrogen-bond donors (Lipinski definition) is 1. The first-order chi connectivity index (χ1) is 14.7. The standard InChI is InChI=1S/C27H34N2O2/c1-18-8-13-24-22(16-18)19(2)25(31-24)26(30)28-17-23(29-14-6-7-15-29)20-9-11-21(12-10-20)27(3,4)5/h8-13,16,23H,6-7,14-15,17H2,1-5H3,(H,28,30). The van der Waals surface area contributed by atoms with Gasteiger partial charge >= 0.3 is 0 Å². The van der Waals surface area contributed by atoms with Crippen molar-refractivity contribution in [1.82, 2.24) is 10.2 Å². The Labute approximate surface area is 185 Å². The molecule has 4 rings (SSSR count). The summed E-state index contributed by atoms with van der Waals surface area (Å²) in [5.74, 6) is 0.283. The number of fused-ring (bicyclic) bond motifs is 1. The molecule has 1 saturated heterocycles. The zero-order valence-electron chi connectivity index (χ0n) is 19.4. The molecule has 3 aromatic rings. The van der Waals surface area contributed by atoms with Gasteiger partial charge in [0.1, 0.15) is 5.58 Å². The largest absolute Gasteiger partial charge is 0.451 e. The van der Waals surface area contributed by atoms with Crippen molar-refractivity contribution in [2.45, 2.75) is 58.9 Å². The molecule has 4 heteroatoms. The van der Waals surface area contributed by atoms with E-state index in [0.29, 0.717) is 12.3 Å². The second kappa shape index (κ2) is 8.51. The van der Waals surface area contributed by atoms with E-state index in [1.165, 1.54) is 24.0 Å². The SMILES string of the molecule is Cc1ccc2oc(C(=O)NCC(c3ccc(C(C)(C)C)cc3)N3CCCC3)c(C)c2c1. The van der Waals surface area contributed by atoms with E-state index in [0.717, 1.165) is 35.2 Å².